The van der Waals surface area contributed by atoms with E-state index in [-0.39, 0.29) is 6.03 Å². The molecular formula is C18H19N3OS2. The Balaban J connectivity index is 1.65. The molecule has 0 unspecified atom stereocenters. The van der Waals surface area contributed by atoms with Crippen LogP contribution in [0.1, 0.15) is 19.8 Å². The lowest BCUT2D eigenvalue weighted by atomic mass is 10.3. The van der Waals surface area contributed by atoms with Gasteiger partial charge in [-0.3, -0.25) is 0 Å². The van der Waals surface area contributed by atoms with Crippen molar-refractivity contribution in [3.8, 4) is 0 Å². The number of thioether (sulfide) groups is 1. The molecule has 3 rings (SSSR count). The highest BCUT2D eigenvalue weighted by Gasteiger charge is 2.07. The first-order valence-corrected chi connectivity index (χ1v) is 9.71. The predicted molar refractivity (Wildman–Crippen MR) is 104 cm³/mol. The summed E-state index contributed by atoms with van der Waals surface area (Å²) in [7, 11) is 0. The highest BCUT2D eigenvalue weighted by molar-refractivity contribution is 8.01. The Hall–Kier alpha value is -2.05. The van der Waals surface area contributed by atoms with E-state index >= 15 is 0 Å². The first kappa shape index (κ1) is 16.8. The van der Waals surface area contributed by atoms with Gasteiger partial charge in [-0.25, -0.2) is 9.78 Å². The van der Waals surface area contributed by atoms with Crippen LogP contribution in [-0.2, 0) is 0 Å². The van der Waals surface area contributed by atoms with E-state index < -0.39 is 0 Å². The number of benzene rings is 2. The number of thiazole rings is 1. The number of nitrogens with one attached hydrogen (secondary N) is 2. The SMILES string of the molecule is CCCCSc1nc2ccc(NC(=O)Nc3ccccc3)cc2s1. The maximum absolute atomic E-state index is 12.1. The lowest BCUT2D eigenvalue weighted by Gasteiger charge is -2.07. The predicted octanol–water partition coefficient (Wildman–Crippen LogP) is 5.83. The van der Waals surface area contributed by atoms with Crippen LogP contribution in [0, 0.1) is 0 Å². The molecule has 3 aromatic rings. The van der Waals surface area contributed by atoms with E-state index in [9.17, 15) is 4.79 Å². The van der Waals surface area contributed by atoms with Crippen molar-refractivity contribution < 1.29 is 4.79 Å². The summed E-state index contributed by atoms with van der Waals surface area (Å²) in [6.45, 7) is 2.19. The summed E-state index contributed by atoms with van der Waals surface area (Å²) >= 11 is 3.47. The first-order chi connectivity index (χ1) is 11.7. The third kappa shape index (κ3) is 4.49. The molecule has 2 aromatic carbocycles. The molecule has 2 amide bonds. The number of nitrogens with zero attached hydrogens (tertiary/aromatic N) is 1. The quantitative estimate of drug-likeness (QED) is 0.431. The first-order valence-electron chi connectivity index (χ1n) is 7.91. The lowest BCUT2D eigenvalue weighted by molar-refractivity contribution is 0.262. The molecule has 0 aliphatic heterocycles. The largest absolute Gasteiger partial charge is 0.323 e. The van der Waals surface area contributed by atoms with Gasteiger partial charge in [-0.1, -0.05) is 43.3 Å². The van der Waals surface area contributed by atoms with Gasteiger partial charge in [0.1, 0.15) is 0 Å². The molecule has 6 heteroatoms. The standard InChI is InChI=1S/C18H19N3OS2/c1-2-3-11-23-18-21-15-10-9-14(12-16(15)24-18)20-17(22)19-13-7-5-4-6-8-13/h4-10,12H,2-3,11H2,1H3,(H2,19,20,22). The summed E-state index contributed by atoms with van der Waals surface area (Å²) in [5.41, 5.74) is 2.51. The number of carbonyl (C=O) groups excluding carboxylic acids is 1. The topological polar surface area (TPSA) is 54.0 Å². The molecule has 1 aromatic heterocycles. The second-order valence-corrected chi connectivity index (χ2v) is 7.68. The maximum atomic E-state index is 12.1. The fourth-order valence-corrected chi connectivity index (χ4v) is 4.42. The summed E-state index contributed by atoms with van der Waals surface area (Å²) in [5.74, 6) is 1.10. The molecule has 0 bridgehead atoms. The van der Waals surface area contributed by atoms with E-state index in [1.54, 1.807) is 23.1 Å². The molecule has 0 fully saturated rings. The Kier molecular flexibility index (Phi) is 5.72. The maximum Gasteiger partial charge on any atom is 0.323 e. The van der Waals surface area contributed by atoms with Crippen molar-refractivity contribution in [1.82, 2.24) is 4.98 Å². The number of unbranched alkanes of at least 4 members (excludes halogenated alkanes) is 1. The van der Waals surface area contributed by atoms with Crippen LogP contribution in [0.25, 0.3) is 10.2 Å². The van der Waals surface area contributed by atoms with E-state index in [4.69, 9.17) is 0 Å². The summed E-state index contributed by atoms with van der Waals surface area (Å²) in [4.78, 5) is 16.7. The molecular weight excluding hydrogens is 338 g/mol. The van der Waals surface area contributed by atoms with Crippen LogP contribution < -0.4 is 10.6 Å². The third-order valence-electron chi connectivity index (χ3n) is 3.38. The van der Waals surface area contributed by atoms with E-state index in [0.717, 1.165) is 31.7 Å². The smallest absolute Gasteiger partial charge is 0.308 e. The second-order valence-electron chi connectivity index (χ2n) is 5.31. The molecule has 2 N–H and O–H groups in total. The summed E-state index contributed by atoms with van der Waals surface area (Å²) in [6, 6.07) is 15.0. The molecule has 0 radical (unpaired) electrons. The fraction of sp³-hybridized carbons (Fsp3) is 0.222. The summed E-state index contributed by atoms with van der Waals surface area (Å²) in [6.07, 6.45) is 2.40. The number of urea groups is 1. The van der Waals surface area contributed by atoms with Gasteiger partial charge in [0.15, 0.2) is 4.34 Å². The van der Waals surface area contributed by atoms with Crippen LogP contribution in [-0.4, -0.2) is 16.8 Å². The number of carbonyl (C=O) groups is 1. The van der Waals surface area contributed by atoms with E-state index in [1.165, 1.54) is 12.8 Å². The van der Waals surface area contributed by atoms with Crippen molar-refractivity contribution in [2.75, 3.05) is 16.4 Å². The Morgan fingerprint density at radius 2 is 1.92 bits per heavy atom. The van der Waals surface area contributed by atoms with Gasteiger partial charge in [0.2, 0.25) is 0 Å². The minimum absolute atomic E-state index is 0.248. The number of aromatic nitrogens is 1. The molecule has 0 aliphatic rings. The highest BCUT2D eigenvalue weighted by atomic mass is 32.2. The number of para-hydroxylation sites is 1. The van der Waals surface area contributed by atoms with Crippen LogP contribution in [0.3, 0.4) is 0 Å². The van der Waals surface area contributed by atoms with Crippen molar-refractivity contribution in [3.63, 3.8) is 0 Å². The van der Waals surface area contributed by atoms with Crippen LogP contribution >= 0.6 is 23.1 Å². The van der Waals surface area contributed by atoms with Gasteiger partial charge in [0.05, 0.1) is 10.2 Å². The Bertz CT molecular complexity index is 818. The Morgan fingerprint density at radius 1 is 1.12 bits per heavy atom. The van der Waals surface area contributed by atoms with Crippen LogP contribution in [0.5, 0.6) is 0 Å². The van der Waals surface area contributed by atoms with Gasteiger partial charge >= 0.3 is 6.03 Å². The molecule has 124 valence electrons. The van der Waals surface area contributed by atoms with Gasteiger partial charge in [0.25, 0.3) is 0 Å². The van der Waals surface area contributed by atoms with Crippen molar-refractivity contribution in [1.29, 1.82) is 0 Å². The molecule has 0 atom stereocenters. The van der Waals surface area contributed by atoms with Crippen molar-refractivity contribution in [2.24, 2.45) is 0 Å². The van der Waals surface area contributed by atoms with E-state index in [1.807, 2.05) is 48.5 Å². The average Bonchev–Trinajstić information content (AvgIpc) is 2.98. The average molecular weight is 358 g/mol. The van der Waals surface area contributed by atoms with Gasteiger partial charge in [-0.05, 0) is 36.8 Å². The van der Waals surface area contributed by atoms with Crippen LogP contribution in [0.15, 0.2) is 52.9 Å². The molecule has 1 heterocycles. The number of hydrogen-bond acceptors (Lipinski definition) is 4. The second kappa shape index (κ2) is 8.17. The van der Waals surface area contributed by atoms with Gasteiger partial charge in [-0.15, -0.1) is 11.3 Å². The zero-order valence-corrected chi connectivity index (χ0v) is 15.0. The fourth-order valence-electron chi connectivity index (χ4n) is 2.16. The lowest BCUT2D eigenvalue weighted by Crippen LogP contribution is -2.19. The Morgan fingerprint density at radius 3 is 2.71 bits per heavy atom. The molecule has 24 heavy (non-hydrogen) atoms. The number of rotatable bonds is 6. The minimum Gasteiger partial charge on any atom is -0.308 e. The molecule has 0 spiro atoms. The van der Waals surface area contributed by atoms with Gasteiger partial charge in [0, 0.05) is 17.1 Å². The van der Waals surface area contributed by atoms with Crippen LogP contribution in [0.4, 0.5) is 16.2 Å². The highest BCUT2D eigenvalue weighted by Crippen LogP contribution is 2.31. The molecule has 4 nitrogen and oxygen atoms in total. The Labute approximate surface area is 149 Å². The summed E-state index contributed by atoms with van der Waals surface area (Å²) in [5, 5.41) is 5.68. The van der Waals surface area contributed by atoms with Crippen molar-refractivity contribution in [3.05, 3.63) is 48.5 Å². The molecule has 0 saturated heterocycles. The zero-order valence-electron chi connectivity index (χ0n) is 13.4. The number of hydrogen-bond donors (Lipinski definition) is 2. The number of anilines is 2. The normalized spacial score (nSPS) is 10.7. The monoisotopic (exact) mass is 357 g/mol. The van der Waals surface area contributed by atoms with Crippen molar-refractivity contribution in [2.45, 2.75) is 24.1 Å². The van der Waals surface area contributed by atoms with Gasteiger partial charge in [-0.2, -0.15) is 0 Å². The van der Waals surface area contributed by atoms with E-state index in [2.05, 4.69) is 22.5 Å². The molecule has 0 saturated carbocycles. The van der Waals surface area contributed by atoms with Gasteiger partial charge < -0.3 is 10.6 Å². The number of amides is 2. The zero-order chi connectivity index (χ0) is 16.8. The van der Waals surface area contributed by atoms with E-state index in [0.29, 0.717) is 0 Å². The molecule has 0 aliphatic carbocycles. The van der Waals surface area contributed by atoms with Crippen molar-refractivity contribution >= 4 is 50.7 Å². The summed E-state index contributed by atoms with van der Waals surface area (Å²) < 4.78 is 2.18. The number of fused-ring (bicyclic) bond motifs is 1. The van der Waals surface area contributed by atoms with Crippen LogP contribution in [0.2, 0.25) is 0 Å². The minimum atomic E-state index is -0.248. The third-order valence-corrected chi connectivity index (χ3v) is 5.63.